The second-order valence-corrected chi connectivity index (χ2v) is 6.27. The first kappa shape index (κ1) is 14.6. The Morgan fingerprint density at radius 1 is 1.19 bits per heavy atom. The molecule has 1 aliphatic carbocycles. The Morgan fingerprint density at radius 3 is 2.00 bits per heavy atom. The Kier molecular flexibility index (Phi) is 3.95. The van der Waals surface area contributed by atoms with Gasteiger partial charge in [-0.1, -0.05) is 38.3 Å². The molecule has 0 aromatic carbocycles. The molecule has 0 bridgehead atoms. The predicted molar refractivity (Wildman–Crippen MR) is 54.1 cm³/mol. The average molecular weight is 378 g/mol. The minimum Gasteiger partial charge on any atom is -0.231 e. The summed E-state index contributed by atoms with van der Waals surface area (Å²) in [5, 5.41) is 0. The Hall–Kier alpha value is 0.540. The maximum absolute atomic E-state index is 13.5. The highest BCUT2D eigenvalue weighted by Crippen LogP contribution is 2.55. The molecule has 0 heterocycles. The maximum Gasteiger partial charge on any atom is 0.425 e. The molecule has 0 amide bonds. The van der Waals surface area contributed by atoms with Crippen LogP contribution in [-0.4, -0.2) is 27.4 Å². The zero-order valence-electron chi connectivity index (χ0n) is 7.80. The summed E-state index contributed by atoms with van der Waals surface area (Å²) in [6.45, 7) is 0. The van der Waals surface area contributed by atoms with E-state index in [4.69, 9.17) is 0 Å². The highest BCUT2D eigenvalue weighted by atomic mass is 79.9. The number of hydrogen-bond donors (Lipinski definition) is 0. The van der Waals surface area contributed by atoms with Gasteiger partial charge in [-0.2, -0.15) is 13.2 Å². The number of alkyl halides is 8. The second kappa shape index (κ2) is 4.33. The van der Waals surface area contributed by atoms with Crippen molar-refractivity contribution in [2.45, 2.75) is 46.7 Å². The summed E-state index contributed by atoms with van der Waals surface area (Å²) in [7, 11) is 0. The molecule has 0 aromatic rings. The molecule has 96 valence electrons. The number of rotatable bonds is 2. The van der Waals surface area contributed by atoms with Gasteiger partial charge in [-0.15, -0.1) is 0 Å². The third kappa shape index (κ3) is 2.23. The molecule has 0 aliphatic heterocycles. The van der Waals surface area contributed by atoms with Crippen LogP contribution >= 0.6 is 31.9 Å². The van der Waals surface area contributed by atoms with Crippen LogP contribution in [0, 0.1) is 0 Å². The van der Waals surface area contributed by atoms with Gasteiger partial charge in [0.2, 0.25) is 0 Å². The van der Waals surface area contributed by atoms with Crippen molar-refractivity contribution in [1.82, 2.24) is 0 Å². The molecule has 0 spiro atoms. The van der Waals surface area contributed by atoms with Gasteiger partial charge in [0.25, 0.3) is 6.17 Å². The minimum atomic E-state index is -5.56. The second-order valence-electron chi connectivity index (χ2n) is 3.75. The molecule has 8 heteroatoms. The maximum atomic E-state index is 13.5. The number of halogens is 8. The summed E-state index contributed by atoms with van der Waals surface area (Å²) >= 11 is 5.46. The van der Waals surface area contributed by atoms with Crippen LogP contribution in [0.2, 0.25) is 0 Å². The lowest BCUT2D eigenvalue weighted by molar-refractivity contribution is -0.251. The molecule has 1 aliphatic rings. The van der Waals surface area contributed by atoms with Gasteiger partial charge in [-0.05, 0) is 12.8 Å². The van der Waals surface area contributed by atoms with Crippen molar-refractivity contribution in [2.24, 2.45) is 0 Å². The number of hydrogen-bond acceptors (Lipinski definition) is 0. The monoisotopic (exact) mass is 376 g/mol. The smallest absolute Gasteiger partial charge is 0.231 e. The largest absolute Gasteiger partial charge is 0.425 e. The van der Waals surface area contributed by atoms with Crippen LogP contribution in [-0.2, 0) is 0 Å². The first-order chi connectivity index (χ1) is 7.03. The molecule has 3 atom stereocenters. The van der Waals surface area contributed by atoms with Crippen LogP contribution in [0.1, 0.15) is 19.3 Å². The van der Waals surface area contributed by atoms with E-state index in [0.717, 1.165) is 0 Å². The van der Waals surface area contributed by atoms with E-state index in [9.17, 15) is 26.3 Å². The lowest BCUT2D eigenvalue weighted by Crippen LogP contribution is -2.56. The van der Waals surface area contributed by atoms with E-state index in [2.05, 4.69) is 31.9 Å². The fourth-order valence-electron chi connectivity index (χ4n) is 1.72. The van der Waals surface area contributed by atoms with Crippen molar-refractivity contribution < 1.29 is 26.3 Å². The summed E-state index contributed by atoms with van der Waals surface area (Å²) in [6, 6.07) is 0. The summed E-state index contributed by atoms with van der Waals surface area (Å²) in [5.41, 5.74) is 0. The van der Waals surface area contributed by atoms with E-state index in [-0.39, 0.29) is 12.8 Å². The van der Waals surface area contributed by atoms with E-state index in [1.54, 1.807) is 0 Å². The van der Waals surface area contributed by atoms with E-state index in [1.807, 2.05) is 0 Å². The quantitative estimate of drug-likeness (QED) is 0.487. The Morgan fingerprint density at radius 2 is 1.69 bits per heavy atom. The molecule has 0 N–H and O–H groups in total. The molecular weight excluding hydrogens is 370 g/mol. The highest BCUT2D eigenvalue weighted by molar-refractivity contribution is 9.12. The van der Waals surface area contributed by atoms with Gasteiger partial charge in [0.15, 0.2) is 0 Å². The first-order valence-corrected chi connectivity index (χ1v) is 6.16. The van der Waals surface area contributed by atoms with Crippen molar-refractivity contribution in [3.05, 3.63) is 0 Å². The molecule has 0 aromatic heterocycles. The van der Waals surface area contributed by atoms with E-state index in [0.29, 0.717) is 6.42 Å². The topological polar surface area (TPSA) is 0 Å². The van der Waals surface area contributed by atoms with Crippen molar-refractivity contribution in [3.8, 4) is 0 Å². The SMILES string of the molecule is FC(C(F)(F)F)C(F)(F)C1(Br)CCCC1Br. The molecule has 1 saturated carbocycles. The third-order valence-corrected chi connectivity index (χ3v) is 5.99. The van der Waals surface area contributed by atoms with Gasteiger partial charge >= 0.3 is 12.1 Å². The van der Waals surface area contributed by atoms with Crippen LogP contribution in [0.25, 0.3) is 0 Å². The van der Waals surface area contributed by atoms with Crippen LogP contribution in [0.4, 0.5) is 26.3 Å². The fourth-order valence-corrected chi connectivity index (χ4v) is 3.28. The Bertz CT molecular complexity index is 266. The third-order valence-electron chi connectivity index (χ3n) is 2.65. The van der Waals surface area contributed by atoms with Crippen LogP contribution < -0.4 is 0 Å². The van der Waals surface area contributed by atoms with Gasteiger partial charge in [-0.3, -0.25) is 0 Å². The van der Waals surface area contributed by atoms with Gasteiger partial charge in [0, 0.05) is 4.83 Å². The van der Waals surface area contributed by atoms with Gasteiger partial charge < -0.3 is 0 Å². The summed E-state index contributed by atoms with van der Waals surface area (Å²) in [6.07, 6.45) is -9.31. The molecule has 16 heavy (non-hydrogen) atoms. The zero-order chi connectivity index (χ0) is 12.8. The first-order valence-electron chi connectivity index (χ1n) is 4.45. The van der Waals surface area contributed by atoms with E-state index in [1.165, 1.54) is 0 Å². The summed E-state index contributed by atoms with van der Waals surface area (Å²) < 4.78 is 73.6. The van der Waals surface area contributed by atoms with Crippen molar-refractivity contribution in [1.29, 1.82) is 0 Å². The zero-order valence-corrected chi connectivity index (χ0v) is 11.0. The Balaban J connectivity index is 3.01. The molecule has 0 radical (unpaired) electrons. The van der Waals surface area contributed by atoms with Crippen LogP contribution in [0.5, 0.6) is 0 Å². The lowest BCUT2D eigenvalue weighted by atomic mass is 9.95. The van der Waals surface area contributed by atoms with Crippen molar-refractivity contribution in [2.75, 3.05) is 0 Å². The molecule has 0 saturated heterocycles. The highest BCUT2D eigenvalue weighted by Gasteiger charge is 2.68. The van der Waals surface area contributed by atoms with Crippen LogP contribution in [0.15, 0.2) is 0 Å². The predicted octanol–water partition coefficient (Wildman–Crippen LogP) is 4.60. The molecule has 1 fully saturated rings. The lowest BCUT2D eigenvalue weighted by Gasteiger charge is -2.37. The Labute approximate surface area is 105 Å². The van der Waals surface area contributed by atoms with Gasteiger partial charge in [0.05, 0.1) is 0 Å². The fraction of sp³-hybridized carbons (Fsp3) is 1.00. The van der Waals surface area contributed by atoms with Crippen molar-refractivity contribution >= 4 is 31.9 Å². The summed E-state index contributed by atoms with van der Waals surface area (Å²) in [5.74, 6) is -4.49. The van der Waals surface area contributed by atoms with Crippen molar-refractivity contribution in [3.63, 3.8) is 0 Å². The molecule has 3 unspecified atom stereocenters. The average Bonchev–Trinajstić information content (AvgIpc) is 2.46. The normalized spacial score (nSPS) is 34.1. The minimum absolute atomic E-state index is 0.202. The van der Waals surface area contributed by atoms with E-state index < -0.39 is 27.4 Å². The standard InChI is InChI=1S/C8H8Br2F6/c9-4-2-1-3-6(4,10)7(12,13)5(11)8(14,15)16/h4-5H,1-3H2. The van der Waals surface area contributed by atoms with Crippen LogP contribution in [0.3, 0.4) is 0 Å². The van der Waals surface area contributed by atoms with Gasteiger partial charge in [-0.25, -0.2) is 13.2 Å². The molecule has 0 nitrogen and oxygen atoms in total. The molecule has 1 rings (SSSR count). The molecular formula is C8H8Br2F6. The van der Waals surface area contributed by atoms with E-state index >= 15 is 0 Å². The van der Waals surface area contributed by atoms with Gasteiger partial charge in [0.1, 0.15) is 4.32 Å². The summed E-state index contributed by atoms with van der Waals surface area (Å²) in [4.78, 5) is -0.879.